The van der Waals surface area contributed by atoms with E-state index < -0.39 is 0 Å². The van der Waals surface area contributed by atoms with E-state index in [0.29, 0.717) is 24.6 Å². The van der Waals surface area contributed by atoms with Crippen molar-refractivity contribution in [3.05, 3.63) is 64.0 Å². The van der Waals surface area contributed by atoms with Crippen LogP contribution in [0.5, 0.6) is 0 Å². The second-order valence-corrected chi connectivity index (χ2v) is 7.07. The Morgan fingerprint density at radius 1 is 1.21 bits per heavy atom. The Kier molecular flexibility index (Phi) is 5.74. The molecule has 2 aromatic heterocycles. The van der Waals surface area contributed by atoms with Gasteiger partial charge in [0.15, 0.2) is 0 Å². The minimum Gasteiger partial charge on any atom is -0.377 e. The molecule has 0 saturated carbocycles. The van der Waals surface area contributed by atoms with Crippen LogP contribution in [0.2, 0.25) is 0 Å². The molecule has 0 saturated heterocycles. The maximum Gasteiger partial charge on any atom is 0.263 e. The predicted molar refractivity (Wildman–Crippen MR) is 98.4 cm³/mol. The highest BCUT2D eigenvalue weighted by Crippen LogP contribution is 2.28. The molecule has 0 aliphatic rings. The van der Waals surface area contributed by atoms with E-state index in [1.165, 1.54) is 11.3 Å². The first kappa shape index (κ1) is 16.8. The van der Waals surface area contributed by atoms with Crippen LogP contribution in [-0.2, 0) is 17.9 Å². The van der Waals surface area contributed by atoms with Crippen LogP contribution in [0, 0.1) is 0 Å². The van der Waals surface area contributed by atoms with Gasteiger partial charge in [-0.15, -0.1) is 22.7 Å². The number of benzene rings is 1. The molecular weight excluding hydrogens is 340 g/mol. The van der Waals surface area contributed by atoms with Crippen LogP contribution in [0.1, 0.15) is 27.7 Å². The number of amides is 1. The topological polar surface area (TPSA) is 51.2 Å². The summed E-state index contributed by atoms with van der Waals surface area (Å²) >= 11 is 3.04. The SMILES string of the molecule is CCOCc1ccccc1CNC(=O)c1cnc(-c2cccs2)s1. The molecule has 0 spiro atoms. The van der Waals surface area contributed by atoms with Crippen molar-refractivity contribution in [2.75, 3.05) is 6.61 Å². The van der Waals surface area contributed by atoms with Gasteiger partial charge in [-0.3, -0.25) is 4.79 Å². The lowest BCUT2D eigenvalue weighted by Gasteiger charge is -2.10. The quantitative estimate of drug-likeness (QED) is 0.683. The fraction of sp³-hybridized carbons (Fsp3) is 0.222. The molecular formula is C18H18N2O2S2. The summed E-state index contributed by atoms with van der Waals surface area (Å²) < 4.78 is 5.48. The van der Waals surface area contributed by atoms with Gasteiger partial charge < -0.3 is 10.1 Å². The van der Waals surface area contributed by atoms with Crippen molar-refractivity contribution in [3.63, 3.8) is 0 Å². The number of nitrogens with zero attached hydrogens (tertiary/aromatic N) is 1. The van der Waals surface area contributed by atoms with E-state index in [0.717, 1.165) is 21.0 Å². The number of nitrogens with one attached hydrogen (secondary N) is 1. The summed E-state index contributed by atoms with van der Waals surface area (Å²) in [5, 5.41) is 5.86. The molecule has 1 aromatic carbocycles. The number of hydrogen-bond acceptors (Lipinski definition) is 5. The normalized spacial score (nSPS) is 10.7. The Hall–Kier alpha value is -2.02. The predicted octanol–water partition coefficient (Wildman–Crippen LogP) is 4.34. The number of rotatable bonds is 7. The number of ether oxygens (including phenoxy) is 1. The largest absolute Gasteiger partial charge is 0.377 e. The maximum absolute atomic E-state index is 12.4. The third kappa shape index (κ3) is 4.08. The van der Waals surface area contributed by atoms with Crippen LogP contribution in [0.25, 0.3) is 9.88 Å². The van der Waals surface area contributed by atoms with Crippen LogP contribution in [0.3, 0.4) is 0 Å². The van der Waals surface area contributed by atoms with E-state index in [1.54, 1.807) is 17.5 Å². The van der Waals surface area contributed by atoms with Crippen molar-refractivity contribution in [1.82, 2.24) is 10.3 Å². The zero-order chi connectivity index (χ0) is 16.8. The average Bonchev–Trinajstić information content (AvgIpc) is 3.29. The van der Waals surface area contributed by atoms with Crippen molar-refractivity contribution in [1.29, 1.82) is 0 Å². The van der Waals surface area contributed by atoms with Crippen LogP contribution in [0.4, 0.5) is 0 Å². The average molecular weight is 358 g/mol. The first-order valence-corrected chi connectivity index (χ1v) is 9.40. The second-order valence-electron chi connectivity index (χ2n) is 5.10. The number of carbonyl (C=O) groups is 1. The van der Waals surface area contributed by atoms with Gasteiger partial charge in [0.05, 0.1) is 17.7 Å². The second kappa shape index (κ2) is 8.19. The summed E-state index contributed by atoms with van der Waals surface area (Å²) in [4.78, 5) is 18.4. The molecule has 0 aliphatic heterocycles. The van der Waals surface area contributed by atoms with Gasteiger partial charge in [0, 0.05) is 13.2 Å². The molecule has 4 nitrogen and oxygen atoms in total. The van der Waals surface area contributed by atoms with Gasteiger partial charge in [-0.05, 0) is 29.5 Å². The molecule has 2 heterocycles. The van der Waals surface area contributed by atoms with Gasteiger partial charge >= 0.3 is 0 Å². The van der Waals surface area contributed by atoms with E-state index >= 15 is 0 Å². The molecule has 1 N–H and O–H groups in total. The zero-order valence-corrected chi connectivity index (χ0v) is 15.0. The molecule has 24 heavy (non-hydrogen) atoms. The lowest BCUT2D eigenvalue weighted by molar-refractivity contribution is 0.0953. The molecule has 1 amide bonds. The molecule has 0 fully saturated rings. The smallest absolute Gasteiger partial charge is 0.263 e. The number of thiazole rings is 1. The molecule has 6 heteroatoms. The van der Waals surface area contributed by atoms with E-state index in [-0.39, 0.29) is 5.91 Å². The first-order valence-electron chi connectivity index (χ1n) is 7.70. The van der Waals surface area contributed by atoms with Crippen molar-refractivity contribution in [2.24, 2.45) is 0 Å². The highest BCUT2D eigenvalue weighted by atomic mass is 32.1. The summed E-state index contributed by atoms with van der Waals surface area (Å²) in [5.41, 5.74) is 2.17. The Bertz CT molecular complexity index is 797. The maximum atomic E-state index is 12.4. The van der Waals surface area contributed by atoms with E-state index in [4.69, 9.17) is 4.74 Å². The minimum absolute atomic E-state index is 0.0958. The van der Waals surface area contributed by atoms with Crippen molar-refractivity contribution in [2.45, 2.75) is 20.1 Å². The summed E-state index contributed by atoms with van der Waals surface area (Å²) in [6.07, 6.45) is 1.64. The summed E-state index contributed by atoms with van der Waals surface area (Å²) in [7, 11) is 0. The molecule has 0 radical (unpaired) electrons. The van der Waals surface area contributed by atoms with E-state index in [1.807, 2.05) is 48.7 Å². The van der Waals surface area contributed by atoms with Crippen LogP contribution >= 0.6 is 22.7 Å². The molecule has 124 valence electrons. The lowest BCUT2D eigenvalue weighted by Crippen LogP contribution is -2.22. The number of aromatic nitrogens is 1. The van der Waals surface area contributed by atoms with E-state index in [9.17, 15) is 4.79 Å². The summed E-state index contributed by atoms with van der Waals surface area (Å²) in [6.45, 7) is 3.69. The van der Waals surface area contributed by atoms with Crippen molar-refractivity contribution in [3.8, 4) is 9.88 Å². The van der Waals surface area contributed by atoms with Gasteiger partial charge in [-0.25, -0.2) is 4.98 Å². The van der Waals surface area contributed by atoms with Gasteiger partial charge in [-0.1, -0.05) is 30.3 Å². The van der Waals surface area contributed by atoms with Gasteiger partial charge in [0.1, 0.15) is 9.88 Å². The fourth-order valence-electron chi connectivity index (χ4n) is 2.24. The monoisotopic (exact) mass is 358 g/mol. The minimum atomic E-state index is -0.0958. The van der Waals surface area contributed by atoms with E-state index in [2.05, 4.69) is 10.3 Å². The van der Waals surface area contributed by atoms with Crippen LogP contribution < -0.4 is 5.32 Å². The Labute approximate surface area is 149 Å². The molecule has 0 unspecified atom stereocenters. The third-order valence-electron chi connectivity index (χ3n) is 3.48. The van der Waals surface area contributed by atoms with Crippen LogP contribution in [-0.4, -0.2) is 17.5 Å². The zero-order valence-electron chi connectivity index (χ0n) is 13.3. The highest BCUT2D eigenvalue weighted by molar-refractivity contribution is 7.21. The molecule has 3 aromatic rings. The Morgan fingerprint density at radius 2 is 2.04 bits per heavy atom. The van der Waals surface area contributed by atoms with Gasteiger partial charge in [0.2, 0.25) is 0 Å². The van der Waals surface area contributed by atoms with Crippen molar-refractivity contribution < 1.29 is 9.53 Å². The lowest BCUT2D eigenvalue weighted by atomic mass is 10.1. The molecule has 3 rings (SSSR count). The molecule has 0 aliphatic carbocycles. The van der Waals surface area contributed by atoms with Crippen LogP contribution in [0.15, 0.2) is 48.0 Å². The Morgan fingerprint density at radius 3 is 2.79 bits per heavy atom. The number of hydrogen-bond donors (Lipinski definition) is 1. The summed E-state index contributed by atoms with van der Waals surface area (Å²) in [6, 6.07) is 12.0. The van der Waals surface area contributed by atoms with Gasteiger partial charge in [0.25, 0.3) is 5.91 Å². The van der Waals surface area contributed by atoms with Gasteiger partial charge in [-0.2, -0.15) is 0 Å². The Balaban J connectivity index is 1.64. The first-order chi connectivity index (χ1) is 11.8. The third-order valence-corrected chi connectivity index (χ3v) is 5.52. The molecule has 0 bridgehead atoms. The molecule has 0 atom stereocenters. The standard InChI is InChI=1S/C18H18N2O2S2/c1-2-22-12-14-7-4-3-6-13(14)10-19-17(21)16-11-20-18(24-16)15-8-5-9-23-15/h3-9,11H,2,10,12H2,1H3,(H,19,21). The summed E-state index contributed by atoms with van der Waals surface area (Å²) in [5.74, 6) is -0.0958. The highest BCUT2D eigenvalue weighted by Gasteiger charge is 2.12. The number of carbonyl (C=O) groups excluding carboxylic acids is 1. The van der Waals surface area contributed by atoms with Crippen molar-refractivity contribution >= 4 is 28.6 Å². The fourth-order valence-corrected chi connectivity index (χ4v) is 3.88. The number of thiophene rings is 1.